The molecule has 0 aliphatic rings. The fourth-order valence-corrected chi connectivity index (χ4v) is 3.62. The van der Waals surface area contributed by atoms with Crippen LogP contribution in [0.25, 0.3) is 22.2 Å². The first-order valence-corrected chi connectivity index (χ1v) is 10.1. The predicted octanol–water partition coefficient (Wildman–Crippen LogP) is 6.20. The molecule has 146 valence electrons. The second kappa shape index (κ2) is 7.84. The number of nitrogens with zero attached hydrogens (tertiary/aromatic N) is 3. The Kier molecular flexibility index (Phi) is 4.74. The molecule has 1 aromatic heterocycles. The van der Waals surface area contributed by atoms with Gasteiger partial charge >= 0.3 is 0 Å². The standard InChI is InChI=1S/C26H22N4/c1-19-11-15-24(16-12-19)27-26-29-28-25(30(26)18-20-7-3-2-4-8-20)23-14-13-21-9-5-6-10-22(21)17-23/h2-17H,18H2,1H3,(H,27,29). The average molecular weight is 390 g/mol. The van der Waals surface area contributed by atoms with Gasteiger partial charge in [-0.15, -0.1) is 10.2 Å². The second-order valence-electron chi connectivity index (χ2n) is 7.47. The molecule has 0 bridgehead atoms. The number of aromatic nitrogens is 3. The van der Waals surface area contributed by atoms with Crippen molar-refractivity contribution in [3.63, 3.8) is 0 Å². The fourth-order valence-electron chi connectivity index (χ4n) is 3.62. The zero-order chi connectivity index (χ0) is 20.3. The fraction of sp³-hybridized carbons (Fsp3) is 0.0769. The van der Waals surface area contributed by atoms with E-state index in [0.29, 0.717) is 6.54 Å². The molecule has 0 radical (unpaired) electrons. The number of hydrogen-bond acceptors (Lipinski definition) is 3. The van der Waals surface area contributed by atoms with Crippen molar-refractivity contribution in [2.45, 2.75) is 13.5 Å². The van der Waals surface area contributed by atoms with Crippen LogP contribution in [-0.2, 0) is 6.54 Å². The first kappa shape index (κ1) is 18.1. The van der Waals surface area contributed by atoms with Gasteiger partial charge in [-0.1, -0.05) is 84.4 Å². The Hall–Kier alpha value is -3.92. The summed E-state index contributed by atoms with van der Waals surface area (Å²) in [5.41, 5.74) is 4.47. The van der Waals surface area contributed by atoms with Crippen molar-refractivity contribution in [1.29, 1.82) is 0 Å². The minimum absolute atomic E-state index is 0.685. The quantitative estimate of drug-likeness (QED) is 0.389. The molecule has 0 fully saturated rings. The number of nitrogens with one attached hydrogen (secondary N) is 1. The lowest BCUT2D eigenvalue weighted by atomic mass is 10.1. The lowest BCUT2D eigenvalue weighted by molar-refractivity contribution is 0.812. The molecule has 0 amide bonds. The maximum Gasteiger partial charge on any atom is 0.229 e. The zero-order valence-corrected chi connectivity index (χ0v) is 16.8. The molecule has 5 rings (SSSR count). The van der Waals surface area contributed by atoms with Crippen molar-refractivity contribution in [2.24, 2.45) is 0 Å². The van der Waals surface area contributed by atoms with Crippen molar-refractivity contribution in [2.75, 3.05) is 5.32 Å². The number of aryl methyl sites for hydroxylation is 1. The Morgan fingerprint density at radius 3 is 2.27 bits per heavy atom. The van der Waals surface area contributed by atoms with E-state index in [0.717, 1.165) is 23.0 Å². The molecule has 0 aliphatic carbocycles. The summed E-state index contributed by atoms with van der Waals surface area (Å²) in [6.07, 6.45) is 0. The number of benzene rings is 4. The number of rotatable bonds is 5. The highest BCUT2D eigenvalue weighted by Crippen LogP contribution is 2.27. The third-order valence-electron chi connectivity index (χ3n) is 5.25. The van der Waals surface area contributed by atoms with Gasteiger partial charge in [-0.3, -0.25) is 4.57 Å². The average Bonchev–Trinajstić information content (AvgIpc) is 3.17. The van der Waals surface area contributed by atoms with E-state index in [1.165, 1.54) is 21.9 Å². The Morgan fingerprint density at radius 1 is 0.733 bits per heavy atom. The van der Waals surface area contributed by atoms with Crippen LogP contribution in [0, 0.1) is 6.92 Å². The largest absolute Gasteiger partial charge is 0.324 e. The van der Waals surface area contributed by atoms with E-state index in [-0.39, 0.29) is 0 Å². The van der Waals surface area contributed by atoms with Crippen molar-refractivity contribution in [1.82, 2.24) is 14.8 Å². The van der Waals surface area contributed by atoms with Crippen LogP contribution in [0.1, 0.15) is 11.1 Å². The summed E-state index contributed by atoms with van der Waals surface area (Å²) in [6.45, 7) is 2.77. The topological polar surface area (TPSA) is 42.7 Å². The monoisotopic (exact) mass is 390 g/mol. The van der Waals surface area contributed by atoms with Crippen LogP contribution >= 0.6 is 0 Å². The molecular weight excluding hydrogens is 368 g/mol. The number of fused-ring (bicyclic) bond motifs is 1. The SMILES string of the molecule is Cc1ccc(Nc2nnc(-c3ccc4ccccc4c3)n2Cc2ccccc2)cc1. The lowest BCUT2D eigenvalue weighted by Gasteiger charge is -2.12. The van der Waals surface area contributed by atoms with Gasteiger partial charge in [0, 0.05) is 11.3 Å². The van der Waals surface area contributed by atoms with Crippen LogP contribution in [-0.4, -0.2) is 14.8 Å². The molecule has 4 heteroatoms. The Morgan fingerprint density at radius 2 is 1.47 bits per heavy atom. The van der Waals surface area contributed by atoms with E-state index >= 15 is 0 Å². The van der Waals surface area contributed by atoms with Crippen LogP contribution in [0.5, 0.6) is 0 Å². The van der Waals surface area contributed by atoms with Gasteiger partial charge in [0.2, 0.25) is 5.95 Å². The predicted molar refractivity (Wildman–Crippen MR) is 123 cm³/mol. The van der Waals surface area contributed by atoms with Gasteiger partial charge in [-0.25, -0.2) is 0 Å². The highest BCUT2D eigenvalue weighted by atomic mass is 15.3. The van der Waals surface area contributed by atoms with Gasteiger partial charge in [0.05, 0.1) is 6.54 Å². The molecule has 1 heterocycles. The summed E-state index contributed by atoms with van der Waals surface area (Å²) in [4.78, 5) is 0. The van der Waals surface area contributed by atoms with E-state index in [2.05, 4.69) is 118 Å². The van der Waals surface area contributed by atoms with Gasteiger partial charge in [0.15, 0.2) is 5.82 Å². The zero-order valence-electron chi connectivity index (χ0n) is 16.8. The van der Waals surface area contributed by atoms with Crippen molar-refractivity contribution in [3.8, 4) is 11.4 Å². The molecule has 1 N–H and O–H groups in total. The molecule has 0 saturated heterocycles. The molecule has 4 aromatic carbocycles. The van der Waals surface area contributed by atoms with Crippen LogP contribution in [0.3, 0.4) is 0 Å². The first-order valence-electron chi connectivity index (χ1n) is 10.1. The minimum atomic E-state index is 0.685. The van der Waals surface area contributed by atoms with Crippen LogP contribution in [0.2, 0.25) is 0 Å². The van der Waals surface area contributed by atoms with Gasteiger partial charge < -0.3 is 5.32 Å². The summed E-state index contributed by atoms with van der Waals surface area (Å²) in [5.74, 6) is 1.57. The van der Waals surface area contributed by atoms with E-state index < -0.39 is 0 Å². The first-order chi connectivity index (χ1) is 14.8. The summed E-state index contributed by atoms with van der Waals surface area (Å²) in [6, 6.07) is 33.5. The molecular formula is C26H22N4. The van der Waals surface area contributed by atoms with Crippen molar-refractivity contribution in [3.05, 3.63) is 108 Å². The second-order valence-corrected chi connectivity index (χ2v) is 7.47. The maximum absolute atomic E-state index is 4.55. The molecule has 5 aromatic rings. The normalized spacial score (nSPS) is 11.0. The molecule has 4 nitrogen and oxygen atoms in total. The Labute approximate surface area is 175 Å². The third-order valence-corrected chi connectivity index (χ3v) is 5.25. The van der Waals surface area contributed by atoms with Crippen LogP contribution in [0.15, 0.2) is 97.1 Å². The van der Waals surface area contributed by atoms with Gasteiger partial charge in [-0.05, 0) is 41.5 Å². The maximum atomic E-state index is 4.55. The van der Waals surface area contributed by atoms with E-state index in [9.17, 15) is 0 Å². The molecule has 30 heavy (non-hydrogen) atoms. The highest BCUT2D eigenvalue weighted by molar-refractivity contribution is 5.86. The minimum Gasteiger partial charge on any atom is -0.324 e. The smallest absolute Gasteiger partial charge is 0.229 e. The van der Waals surface area contributed by atoms with Crippen LogP contribution < -0.4 is 5.32 Å². The van der Waals surface area contributed by atoms with E-state index in [1.54, 1.807) is 0 Å². The van der Waals surface area contributed by atoms with Crippen molar-refractivity contribution < 1.29 is 0 Å². The summed E-state index contributed by atoms with van der Waals surface area (Å²) < 4.78 is 2.14. The third kappa shape index (κ3) is 3.67. The summed E-state index contributed by atoms with van der Waals surface area (Å²) in [5, 5.41) is 14.9. The molecule has 0 atom stereocenters. The lowest BCUT2D eigenvalue weighted by Crippen LogP contribution is -2.07. The molecule has 0 unspecified atom stereocenters. The summed E-state index contributed by atoms with van der Waals surface area (Å²) in [7, 11) is 0. The Balaban J connectivity index is 1.58. The van der Waals surface area contributed by atoms with E-state index in [4.69, 9.17) is 0 Å². The van der Waals surface area contributed by atoms with Gasteiger partial charge in [0.25, 0.3) is 0 Å². The van der Waals surface area contributed by atoms with E-state index in [1.807, 2.05) is 6.07 Å². The number of hydrogen-bond donors (Lipinski definition) is 1. The molecule has 0 aliphatic heterocycles. The van der Waals surface area contributed by atoms with Crippen LogP contribution in [0.4, 0.5) is 11.6 Å². The Bertz CT molecular complexity index is 1290. The van der Waals surface area contributed by atoms with Crippen molar-refractivity contribution >= 4 is 22.4 Å². The molecule has 0 spiro atoms. The number of anilines is 2. The highest BCUT2D eigenvalue weighted by Gasteiger charge is 2.15. The van der Waals surface area contributed by atoms with Gasteiger partial charge in [0.1, 0.15) is 0 Å². The summed E-state index contributed by atoms with van der Waals surface area (Å²) >= 11 is 0. The molecule has 0 saturated carbocycles. The van der Waals surface area contributed by atoms with Gasteiger partial charge in [-0.2, -0.15) is 0 Å².